The molecule has 0 saturated heterocycles. The van der Waals surface area contributed by atoms with Gasteiger partial charge in [0.2, 0.25) is 0 Å². The monoisotopic (exact) mass is 230 g/mol. The fourth-order valence-electron chi connectivity index (χ4n) is 1.31. The number of carboxylic acids is 1. The van der Waals surface area contributed by atoms with E-state index in [-0.39, 0.29) is 22.1 Å². The van der Waals surface area contributed by atoms with E-state index < -0.39 is 11.9 Å². The summed E-state index contributed by atoms with van der Waals surface area (Å²) in [5.41, 5.74) is 0.284. The Balaban J connectivity index is 3.37. The number of benzene rings is 1. The molecular formula is C10H11ClO4. The largest absolute Gasteiger partial charge is 0.504 e. The zero-order valence-corrected chi connectivity index (χ0v) is 9.08. The van der Waals surface area contributed by atoms with Crippen molar-refractivity contribution in [2.24, 2.45) is 0 Å². The molecule has 0 aliphatic rings. The minimum absolute atomic E-state index is 0.109. The highest BCUT2D eigenvalue weighted by atomic mass is 35.5. The summed E-state index contributed by atoms with van der Waals surface area (Å²) in [6, 6.07) is 2.80. The molecule has 0 spiro atoms. The van der Waals surface area contributed by atoms with E-state index in [0.29, 0.717) is 0 Å². The third-order valence-electron chi connectivity index (χ3n) is 2.13. The fraction of sp³-hybridized carbons (Fsp3) is 0.300. The molecule has 4 nitrogen and oxygen atoms in total. The molecule has 1 atom stereocenters. The van der Waals surface area contributed by atoms with Gasteiger partial charge in [0.05, 0.1) is 13.0 Å². The van der Waals surface area contributed by atoms with E-state index in [1.807, 2.05) is 0 Å². The molecule has 0 aliphatic carbocycles. The van der Waals surface area contributed by atoms with Crippen molar-refractivity contribution in [3.8, 4) is 11.5 Å². The third-order valence-corrected chi connectivity index (χ3v) is 2.46. The molecule has 0 heterocycles. The highest BCUT2D eigenvalue weighted by Crippen LogP contribution is 2.39. The SMILES string of the molecule is COc1c(O)ccc(Cl)c1C(C)C(=O)O. The number of hydrogen-bond donors (Lipinski definition) is 2. The van der Waals surface area contributed by atoms with Crippen molar-refractivity contribution in [1.29, 1.82) is 0 Å². The summed E-state index contributed by atoms with van der Waals surface area (Å²) in [7, 11) is 1.35. The maximum Gasteiger partial charge on any atom is 0.310 e. The van der Waals surface area contributed by atoms with Gasteiger partial charge in [-0.15, -0.1) is 0 Å². The number of phenols is 1. The van der Waals surface area contributed by atoms with Gasteiger partial charge in [-0.3, -0.25) is 4.79 Å². The predicted octanol–water partition coefficient (Wildman–Crippen LogP) is 2.24. The van der Waals surface area contributed by atoms with Crippen LogP contribution in [0.25, 0.3) is 0 Å². The zero-order chi connectivity index (χ0) is 11.6. The Morgan fingerprint density at radius 1 is 1.53 bits per heavy atom. The minimum Gasteiger partial charge on any atom is -0.504 e. The van der Waals surface area contributed by atoms with E-state index in [4.69, 9.17) is 21.4 Å². The number of aromatic hydroxyl groups is 1. The fourth-order valence-corrected chi connectivity index (χ4v) is 1.62. The summed E-state index contributed by atoms with van der Waals surface area (Å²) >= 11 is 5.86. The average molecular weight is 231 g/mol. The normalized spacial score (nSPS) is 12.2. The van der Waals surface area contributed by atoms with Crippen LogP contribution in [0.1, 0.15) is 18.4 Å². The number of hydrogen-bond acceptors (Lipinski definition) is 3. The standard InChI is InChI=1S/C10H11ClO4/c1-5(10(13)14)8-6(11)3-4-7(12)9(8)15-2/h3-5,12H,1-2H3,(H,13,14). The number of carboxylic acid groups (broad SMARTS) is 1. The van der Waals surface area contributed by atoms with Crippen LogP contribution in [0.5, 0.6) is 11.5 Å². The predicted molar refractivity (Wildman–Crippen MR) is 55.7 cm³/mol. The van der Waals surface area contributed by atoms with Crippen LogP contribution in [0.3, 0.4) is 0 Å². The highest BCUT2D eigenvalue weighted by Gasteiger charge is 2.23. The Bertz CT molecular complexity index is 389. The summed E-state index contributed by atoms with van der Waals surface area (Å²) in [5.74, 6) is -1.87. The van der Waals surface area contributed by atoms with Gasteiger partial charge in [-0.2, -0.15) is 0 Å². The van der Waals surface area contributed by atoms with E-state index in [2.05, 4.69) is 0 Å². The van der Waals surface area contributed by atoms with Gasteiger partial charge >= 0.3 is 5.97 Å². The topological polar surface area (TPSA) is 66.8 Å². The van der Waals surface area contributed by atoms with Crippen LogP contribution >= 0.6 is 11.6 Å². The van der Waals surface area contributed by atoms with Crippen LogP contribution in [0, 0.1) is 0 Å². The number of halogens is 1. The summed E-state index contributed by atoms with van der Waals surface area (Å²) in [5, 5.41) is 18.6. The number of phenolic OH excluding ortho intramolecular Hbond substituents is 1. The molecule has 1 unspecified atom stereocenters. The van der Waals surface area contributed by atoms with Gasteiger partial charge in [-0.25, -0.2) is 0 Å². The van der Waals surface area contributed by atoms with Crippen LogP contribution in [0.4, 0.5) is 0 Å². The van der Waals surface area contributed by atoms with Gasteiger partial charge in [-0.05, 0) is 19.1 Å². The Morgan fingerprint density at radius 3 is 2.60 bits per heavy atom. The number of carbonyl (C=O) groups is 1. The van der Waals surface area contributed by atoms with Crippen LogP contribution in [-0.2, 0) is 4.79 Å². The maximum atomic E-state index is 10.8. The van der Waals surface area contributed by atoms with Crippen LogP contribution in [0.2, 0.25) is 5.02 Å². The lowest BCUT2D eigenvalue weighted by atomic mass is 10.00. The minimum atomic E-state index is -1.03. The second-order valence-corrected chi connectivity index (χ2v) is 3.48. The van der Waals surface area contributed by atoms with Crippen LogP contribution < -0.4 is 4.74 Å². The summed E-state index contributed by atoms with van der Waals surface area (Å²) in [6.45, 7) is 1.48. The molecule has 1 rings (SSSR count). The van der Waals surface area contributed by atoms with Crippen molar-refractivity contribution in [3.63, 3.8) is 0 Å². The lowest BCUT2D eigenvalue weighted by Gasteiger charge is -2.14. The van der Waals surface area contributed by atoms with Crippen molar-refractivity contribution in [1.82, 2.24) is 0 Å². The second kappa shape index (κ2) is 4.40. The molecule has 1 aromatic carbocycles. The van der Waals surface area contributed by atoms with Crippen molar-refractivity contribution in [2.45, 2.75) is 12.8 Å². The van der Waals surface area contributed by atoms with Crippen molar-refractivity contribution in [2.75, 3.05) is 7.11 Å². The molecule has 0 aromatic heterocycles. The van der Waals surface area contributed by atoms with Crippen molar-refractivity contribution in [3.05, 3.63) is 22.7 Å². The lowest BCUT2D eigenvalue weighted by molar-refractivity contribution is -0.138. The average Bonchev–Trinajstić information content (AvgIpc) is 2.19. The molecule has 0 saturated carbocycles. The first-order valence-corrected chi connectivity index (χ1v) is 4.65. The first-order valence-electron chi connectivity index (χ1n) is 4.27. The van der Waals surface area contributed by atoms with Crippen LogP contribution in [-0.4, -0.2) is 23.3 Å². The first kappa shape index (κ1) is 11.7. The quantitative estimate of drug-likeness (QED) is 0.836. The number of rotatable bonds is 3. The van der Waals surface area contributed by atoms with Crippen molar-refractivity contribution < 1.29 is 19.7 Å². The summed E-state index contributed by atoms with van der Waals surface area (Å²) in [4.78, 5) is 10.8. The first-order chi connectivity index (χ1) is 6.99. The van der Waals surface area contributed by atoms with Gasteiger partial charge in [0, 0.05) is 10.6 Å². The molecule has 0 amide bonds. The number of aliphatic carboxylic acids is 1. The van der Waals surface area contributed by atoms with E-state index in [1.54, 1.807) is 0 Å². The highest BCUT2D eigenvalue weighted by molar-refractivity contribution is 6.32. The van der Waals surface area contributed by atoms with Gasteiger partial charge < -0.3 is 14.9 Å². The molecule has 82 valence electrons. The molecule has 15 heavy (non-hydrogen) atoms. The van der Waals surface area contributed by atoms with Crippen LogP contribution in [0.15, 0.2) is 12.1 Å². The Morgan fingerprint density at radius 2 is 2.13 bits per heavy atom. The van der Waals surface area contributed by atoms with Crippen molar-refractivity contribution >= 4 is 17.6 Å². The zero-order valence-electron chi connectivity index (χ0n) is 8.32. The van der Waals surface area contributed by atoms with Gasteiger partial charge in [0.15, 0.2) is 11.5 Å². The lowest BCUT2D eigenvalue weighted by Crippen LogP contribution is -2.09. The number of ether oxygens (including phenoxy) is 1. The molecule has 0 bridgehead atoms. The third kappa shape index (κ3) is 2.15. The molecule has 0 aliphatic heterocycles. The Labute approximate surface area is 92.1 Å². The van der Waals surface area contributed by atoms with E-state index >= 15 is 0 Å². The van der Waals surface area contributed by atoms with E-state index in [9.17, 15) is 9.90 Å². The van der Waals surface area contributed by atoms with E-state index in [0.717, 1.165) is 0 Å². The molecular weight excluding hydrogens is 220 g/mol. The maximum absolute atomic E-state index is 10.8. The Kier molecular flexibility index (Phi) is 3.42. The molecule has 1 aromatic rings. The molecule has 5 heteroatoms. The summed E-state index contributed by atoms with van der Waals surface area (Å²) in [6.07, 6.45) is 0. The smallest absolute Gasteiger partial charge is 0.310 e. The second-order valence-electron chi connectivity index (χ2n) is 3.07. The molecule has 2 N–H and O–H groups in total. The number of methoxy groups -OCH3 is 1. The van der Waals surface area contributed by atoms with Gasteiger partial charge in [-0.1, -0.05) is 11.6 Å². The molecule has 0 radical (unpaired) electrons. The van der Waals surface area contributed by atoms with Gasteiger partial charge in [0.25, 0.3) is 0 Å². The Hall–Kier alpha value is -1.42. The summed E-state index contributed by atoms with van der Waals surface area (Å²) < 4.78 is 4.93. The van der Waals surface area contributed by atoms with E-state index in [1.165, 1.54) is 26.2 Å². The van der Waals surface area contributed by atoms with Gasteiger partial charge in [0.1, 0.15) is 0 Å². The molecule has 0 fully saturated rings.